The van der Waals surface area contributed by atoms with Crippen molar-refractivity contribution < 1.29 is 19.0 Å². The molecule has 1 aliphatic heterocycles. The molecule has 1 heterocycles. The number of carboxylic acids is 1. The summed E-state index contributed by atoms with van der Waals surface area (Å²) in [7, 11) is 1.77. The van der Waals surface area contributed by atoms with Crippen LogP contribution in [0.1, 0.15) is 35.1 Å². The van der Waals surface area contributed by atoms with Crippen LogP contribution in [0.25, 0.3) is 0 Å². The number of benzene rings is 2. The molecule has 0 saturated carbocycles. The van der Waals surface area contributed by atoms with E-state index in [2.05, 4.69) is 6.07 Å². The smallest absolute Gasteiger partial charge is 0.317 e. The van der Waals surface area contributed by atoms with Crippen molar-refractivity contribution in [3.8, 4) is 6.07 Å². The molecule has 27 heavy (non-hydrogen) atoms. The minimum Gasteiger partial charge on any atom is -0.480 e. The fourth-order valence-electron chi connectivity index (χ4n) is 3.67. The zero-order chi connectivity index (χ0) is 19.4. The zero-order valence-electron chi connectivity index (χ0n) is 15.1. The number of rotatable bonds is 7. The summed E-state index contributed by atoms with van der Waals surface area (Å²) in [5.41, 5.74) is 2.65. The number of carboxylic acid groups (broad SMARTS) is 1. The standard InChI is InChI=1S/C21H21FN2O3/c1-24(13-20(25)26)10-2-9-21(17-4-6-18(22)7-5-17)19-8-3-15(12-23)11-16(19)14-27-21/h3-8,11H,2,9-10,13-14H2,1H3,(H,25,26). The molecule has 1 atom stereocenters. The third-order valence-electron chi connectivity index (χ3n) is 4.93. The van der Waals surface area contributed by atoms with E-state index in [9.17, 15) is 9.18 Å². The first-order chi connectivity index (χ1) is 12.9. The molecule has 5 nitrogen and oxygen atoms in total. The molecule has 0 aliphatic carbocycles. The Balaban J connectivity index is 1.90. The fourth-order valence-corrected chi connectivity index (χ4v) is 3.67. The van der Waals surface area contributed by atoms with Crippen LogP contribution in [0.15, 0.2) is 42.5 Å². The summed E-state index contributed by atoms with van der Waals surface area (Å²) in [5, 5.41) is 18.0. The van der Waals surface area contributed by atoms with Gasteiger partial charge in [-0.3, -0.25) is 9.69 Å². The van der Waals surface area contributed by atoms with E-state index in [1.54, 1.807) is 30.1 Å². The van der Waals surface area contributed by atoms with Crippen molar-refractivity contribution in [1.82, 2.24) is 4.90 Å². The highest BCUT2D eigenvalue weighted by Gasteiger charge is 2.41. The lowest BCUT2D eigenvalue weighted by Gasteiger charge is -2.31. The van der Waals surface area contributed by atoms with Gasteiger partial charge in [0.15, 0.2) is 0 Å². The highest BCUT2D eigenvalue weighted by atomic mass is 19.1. The van der Waals surface area contributed by atoms with E-state index in [1.165, 1.54) is 12.1 Å². The molecule has 0 amide bonds. The quantitative estimate of drug-likeness (QED) is 0.812. The van der Waals surface area contributed by atoms with Crippen LogP contribution in [0.5, 0.6) is 0 Å². The average Bonchev–Trinajstić information content (AvgIpc) is 3.00. The van der Waals surface area contributed by atoms with E-state index in [0.717, 1.165) is 16.7 Å². The van der Waals surface area contributed by atoms with Crippen molar-refractivity contribution in [3.63, 3.8) is 0 Å². The van der Waals surface area contributed by atoms with E-state index in [-0.39, 0.29) is 12.4 Å². The third kappa shape index (κ3) is 4.00. The van der Waals surface area contributed by atoms with Gasteiger partial charge in [-0.15, -0.1) is 0 Å². The summed E-state index contributed by atoms with van der Waals surface area (Å²) in [5.74, 6) is -1.18. The third-order valence-corrected chi connectivity index (χ3v) is 4.93. The molecule has 1 unspecified atom stereocenters. The number of carbonyl (C=O) groups is 1. The van der Waals surface area contributed by atoms with Crippen LogP contribution < -0.4 is 0 Å². The van der Waals surface area contributed by atoms with Gasteiger partial charge in [0, 0.05) is 0 Å². The van der Waals surface area contributed by atoms with E-state index in [1.807, 2.05) is 12.1 Å². The zero-order valence-corrected chi connectivity index (χ0v) is 15.1. The first kappa shape index (κ1) is 19.0. The normalized spacial score (nSPS) is 18.3. The lowest BCUT2D eigenvalue weighted by molar-refractivity contribution is -0.138. The second kappa shape index (κ2) is 7.87. The van der Waals surface area contributed by atoms with Gasteiger partial charge in [0.1, 0.15) is 11.4 Å². The summed E-state index contributed by atoms with van der Waals surface area (Å²) >= 11 is 0. The minimum atomic E-state index is -0.864. The lowest BCUT2D eigenvalue weighted by Crippen LogP contribution is -2.31. The summed E-state index contributed by atoms with van der Waals surface area (Å²) in [4.78, 5) is 12.6. The Morgan fingerprint density at radius 2 is 2.07 bits per heavy atom. The Labute approximate surface area is 157 Å². The molecular weight excluding hydrogens is 347 g/mol. The Morgan fingerprint density at radius 3 is 2.74 bits per heavy atom. The van der Waals surface area contributed by atoms with Crippen molar-refractivity contribution >= 4 is 5.97 Å². The predicted octanol–water partition coefficient (Wildman–Crippen LogP) is 3.27. The molecule has 0 aromatic heterocycles. The average molecular weight is 368 g/mol. The predicted molar refractivity (Wildman–Crippen MR) is 97.5 cm³/mol. The Hall–Kier alpha value is -2.75. The van der Waals surface area contributed by atoms with Crippen molar-refractivity contribution in [2.24, 2.45) is 0 Å². The summed E-state index contributed by atoms with van der Waals surface area (Å²) in [6, 6.07) is 13.9. The molecule has 1 aliphatic rings. The van der Waals surface area contributed by atoms with Gasteiger partial charge < -0.3 is 9.84 Å². The summed E-state index contributed by atoms with van der Waals surface area (Å²) < 4.78 is 19.7. The maximum absolute atomic E-state index is 13.4. The number of nitriles is 1. The first-order valence-corrected chi connectivity index (χ1v) is 8.78. The van der Waals surface area contributed by atoms with Gasteiger partial charge in [-0.05, 0) is 67.4 Å². The highest BCUT2D eigenvalue weighted by molar-refractivity contribution is 5.69. The molecule has 0 saturated heterocycles. The van der Waals surface area contributed by atoms with Crippen LogP contribution >= 0.6 is 0 Å². The molecule has 0 bridgehead atoms. The molecular formula is C21H21FN2O3. The Bertz CT molecular complexity index is 876. The number of fused-ring (bicyclic) bond motifs is 1. The molecule has 0 fully saturated rings. The number of aliphatic carboxylic acids is 1. The SMILES string of the molecule is CN(CCCC1(c2ccc(F)cc2)OCc2cc(C#N)ccc21)CC(=O)O. The summed E-state index contributed by atoms with van der Waals surface area (Å²) in [6.07, 6.45) is 1.34. The summed E-state index contributed by atoms with van der Waals surface area (Å²) in [6.45, 7) is 0.962. The van der Waals surface area contributed by atoms with Crippen molar-refractivity contribution in [3.05, 3.63) is 70.5 Å². The molecule has 0 radical (unpaired) electrons. The highest BCUT2D eigenvalue weighted by Crippen LogP contribution is 2.45. The molecule has 3 rings (SSSR count). The largest absolute Gasteiger partial charge is 0.480 e. The second-order valence-corrected chi connectivity index (χ2v) is 6.84. The van der Waals surface area contributed by atoms with Crippen molar-refractivity contribution in [2.45, 2.75) is 25.0 Å². The second-order valence-electron chi connectivity index (χ2n) is 6.84. The number of halogens is 1. The van der Waals surface area contributed by atoms with Crippen LogP contribution in [0, 0.1) is 17.1 Å². The van der Waals surface area contributed by atoms with Gasteiger partial charge in [-0.2, -0.15) is 5.26 Å². The molecule has 2 aromatic carbocycles. The van der Waals surface area contributed by atoms with E-state index >= 15 is 0 Å². The van der Waals surface area contributed by atoms with Gasteiger partial charge in [0.05, 0.1) is 24.8 Å². The monoisotopic (exact) mass is 368 g/mol. The topological polar surface area (TPSA) is 73.6 Å². The van der Waals surface area contributed by atoms with Gasteiger partial charge >= 0.3 is 5.97 Å². The molecule has 1 N–H and O–H groups in total. The van der Waals surface area contributed by atoms with Crippen LogP contribution in [0.3, 0.4) is 0 Å². The maximum Gasteiger partial charge on any atom is 0.317 e. The maximum atomic E-state index is 13.4. The van der Waals surface area contributed by atoms with Gasteiger partial charge in [-0.1, -0.05) is 18.2 Å². The fraction of sp³-hybridized carbons (Fsp3) is 0.333. The van der Waals surface area contributed by atoms with Gasteiger partial charge in [0.2, 0.25) is 0 Å². The number of hydrogen-bond acceptors (Lipinski definition) is 4. The molecule has 0 spiro atoms. The van der Waals surface area contributed by atoms with Crippen LogP contribution in [-0.4, -0.2) is 36.1 Å². The molecule has 2 aromatic rings. The molecule has 140 valence electrons. The first-order valence-electron chi connectivity index (χ1n) is 8.78. The Kier molecular flexibility index (Phi) is 5.54. The number of likely N-dealkylation sites (N-methyl/N-ethyl adjacent to an activating group) is 1. The van der Waals surface area contributed by atoms with Crippen LogP contribution in [0.4, 0.5) is 4.39 Å². The lowest BCUT2D eigenvalue weighted by atomic mass is 9.81. The van der Waals surface area contributed by atoms with E-state index in [0.29, 0.717) is 31.6 Å². The number of nitrogens with zero attached hydrogens (tertiary/aromatic N) is 2. The minimum absolute atomic E-state index is 0.0213. The van der Waals surface area contributed by atoms with Gasteiger partial charge in [0.25, 0.3) is 0 Å². The number of hydrogen-bond donors (Lipinski definition) is 1. The van der Waals surface area contributed by atoms with Crippen molar-refractivity contribution in [1.29, 1.82) is 5.26 Å². The van der Waals surface area contributed by atoms with E-state index in [4.69, 9.17) is 15.1 Å². The van der Waals surface area contributed by atoms with Crippen LogP contribution in [0.2, 0.25) is 0 Å². The Morgan fingerprint density at radius 1 is 1.33 bits per heavy atom. The van der Waals surface area contributed by atoms with E-state index < -0.39 is 11.6 Å². The van der Waals surface area contributed by atoms with Crippen molar-refractivity contribution in [2.75, 3.05) is 20.1 Å². The van der Waals surface area contributed by atoms with Gasteiger partial charge in [-0.25, -0.2) is 4.39 Å². The molecule has 6 heteroatoms. The van der Waals surface area contributed by atoms with Crippen LogP contribution in [-0.2, 0) is 21.7 Å². The number of ether oxygens (including phenoxy) is 1.